The molecular weight excluding hydrogens is 583 g/mol. The van der Waals surface area contributed by atoms with Crippen molar-refractivity contribution in [1.82, 2.24) is 20.0 Å². The summed E-state index contributed by atoms with van der Waals surface area (Å²) in [7, 11) is 2.98. The number of amides is 4. The number of urea groups is 2. The minimum atomic E-state index is -4.46. The van der Waals surface area contributed by atoms with E-state index in [1.54, 1.807) is 36.9 Å². The van der Waals surface area contributed by atoms with Crippen molar-refractivity contribution >= 4 is 23.7 Å². The number of hydrogen-bond donors (Lipinski definition) is 2. The zero-order valence-corrected chi connectivity index (χ0v) is 25.0. The summed E-state index contributed by atoms with van der Waals surface area (Å²) in [4.78, 5) is 44.7. The number of carbonyl (C=O) groups is 3. The van der Waals surface area contributed by atoms with Crippen LogP contribution in [0.15, 0.2) is 53.7 Å². The summed E-state index contributed by atoms with van der Waals surface area (Å²) in [6, 6.07) is 7.75. The Morgan fingerprint density at radius 1 is 1.00 bits per heavy atom. The first-order valence-electron chi connectivity index (χ1n) is 14.2. The van der Waals surface area contributed by atoms with E-state index in [1.165, 1.54) is 31.3 Å². The molecule has 44 heavy (non-hydrogen) atoms. The summed E-state index contributed by atoms with van der Waals surface area (Å²) >= 11 is 0. The molecule has 2 aliphatic rings. The molecule has 0 bridgehead atoms. The van der Waals surface area contributed by atoms with E-state index in [-0.39, 0.29) is 30.4 Å². The van der Waals surface area contributed by atoms with Crippen LogP contribution >= 0.6 is 0 Å². The maximum Gasteiger partial charge on any atom is 0.416 e. The number of methoxy groups -OCH3 is 2. The molecule has 11 nitrogen and oxygen atoms in total. The minimum Gasteiger partial charge on any atom is -0.493 e. The molecule has 0 aromatic heterocycles. The van der Waals surface area contributed by atoms with Crippen LogP contribution in [0.1, 0.15) is 31.0 Å². The molecule has 1 saturated heterocycles. The number of esters is 1. The predicted molar refractivity (Wildman–Crippen MR) is 155 cm³/mol. The smallest absolute Gasteiger partial charge is 0.416 e. The second-order valence-corrected chi connectivity index (χ2v) is 10.1. The van der Waals surface area contributed by atoms with Crippen molar-refractivity contribution < 1.29 is 41.8 Å². The maximum absolute atomic E-state index is 13.5. The first kappa shape index (κ1) is 32.5. The van der Waals surface area contributed by atoms with Gasteiger partial charge in [-0.15, -0.1) is 0 Å². The van der Waals surface area contributed by atoms with Gasteiger partial charge in [-0.25, -0.2) is 14.4 Å². The Bertz CT molecular complexity index is 1390. The monoisotopic (exact) mass is 619 g/mol. The number of benzene rings is 2. The van der Waals surface area contributed by atoms with Gasteiger partial charge in [0.05, 0.1) is 38.0 Å². The molecule has 1 fully saturated rings. The number of piperazine rings is 1. The van der Waals surface area contributed by atoms with E-state index in [0.29, 0.717) is 55.5 Å². The number of nitrogens with one attached hydrogen (secondary N) is 2. The van der Waals surface area contributed by atoms with Gasteiger partial charge >= 0.3 is 24.2 Å². The summed E-state index contributed by atoms with van der Waals surface area (Å²) in [5.74, 6) is 0.233. The fourth-order valence-corrected chi connectivity index (χ4v) is 5.30. The molecule has 1 atom stereocenters. The van der Waals surface area contributed by atoms with Crippen molar-refractivity contribution in [2.45, 2.75) is 26.1 Å². The first-order valence-corrected chi connectivity index (χ1v) is 14.2. The van der Waals surface area contributed by atoms with Crippen LogP contribution in [0.25, 0.3) is 0 Å². The second-order valence-electron chi connectivity index (χ2n) is 10.1. The van der Waals surface area contributed by atoms with Crippen molar-refractivity contribution in [2.24, 2.45) is 0 Å². The number of halogens is 3. The van der Waals surface area contributed by atoms with Gasteiger partial charge in [0.25, 0.3) is 0 Å². The molecule has 4 rings (SSSR count). The normalized spacial score (nSPS) is 17.7. The van der Waals surface area contributed by atoms with E-state index in [0.717, 1.165) is 12.1 Å². The number of ether oxygens (including phenoxy) is 3. The Hall–Kier alpha value is -4.46. The largest absolute Gasteiger partial charge is 0.493 e. The topological polar surface area (TPSA) is 113 Å². The number of alkyl halides is 3. The molecule has 0 aliphatic carbocycles. The van der Waals surface area contributed by atoms with Crippen LogP contribution in [0, 0.1) is 0 Å². The fourth-order valence-electron chi connectivity index (χ4n) is 5.30. The quantitative estimate of drug-likeness (QED) is 0.398. The molecule has 0 saturated carbocycles. The van der Waals surface area contributed by atoms with Gasteiger partial charge in [0.15, 0.2) is 11.5 Å². The average molecular weight is 620 g/mol. The minimum absolute atomic E-state index is 0.129. The first-order chi connectivity index (χ1) is 21.0. The molecule has 2 aromatic carbocycles. The molecule has 14 heteroatoms. The number of para-hydroxylation sites is 1. The molecular formula is C30H36F3N5O6. The molecule has 1 unspecified atom stereocenters. The van der Waals surface area contributed by atoms with E-state index >= 15 is 0 Å². The van der Waals surface area contributed by atoms with Crippen LogP contribution in [-0.2, 0) is 15.7 Å². The second kappa shape index (κ2) is 13.9. The van der Waals surface area contributed by atoms with Crippen LogP contribution < -0.4 is 20.1 Å². The zero-order valence-electron chi connectivity index (χ0n) is 25.0. The van der Waals surface area contributed by atoms with Crippen molar-refractivity contribution in [3.8, 4) is 11.5 Å². The highest BCUT2D eigenvalue weighted by atomic mass is 19.4. The van der Waals surface area contributed by atoms with Crippen molar-refractivity contribution in [1.29, 1.82) is 0 Å². The fraction of sp³-hybridized carbons (Fsp3) is 0.433. The third kappa shape index (κ3) is 7.01. The van der Waals surface area contributed by atoms with Gasteiger partial charge < -0.3 is 29.7 Å². The molecule has 2 N–H and O–H groups in total. The molecule has 0 radical (unpaired) electrons. The average Bonchev–Trinajstić information content (AvgIpc) is 3.00. The lowest BCUT2D eigenvalue weighted by Crippen LogP contribution is -2.54. The van der Waals surface area contributed by atoms with Crippen LogP contribution in [0.2, 0.25) is 0 Å². The Morgan fingerprint density at radius 3 is 2.25 bits per heavy atom. The van der Waals surface area contributed by atoms with Crippen LogP contribution in [0.3, 0.4) is 0 Å². The van der Waals surface area contributed by atoms with Gasteiger partial charge in [-0.1, -0.05) is 12.1 Å². The highest BCUT2D eigenvalue weighted by Gasteiger charge is 2.40. The van der Waals surface area contributed by atoms with Crippen LogP contribution in [-0.4, -0.2) is 92.8 Å². The van der Waals surface area contributed by atoms with E-state index in [9.17, 15) is 27.6 Å². The molecule has 238 valence electrons. The van der Waals surface area contributed by atoms with Gasteiger partial charge in [0.2, 0.25) is 0 Å². The van der Waals surface area contributed by atoms with Gasteiger partial charge in [-0.05, 0) is 44.2 Å². The zero-order chi connectivity index (χ0) is 32.0. The molecule has 4 amide bonds. The maximum atomic E-state index is 13.5. The lowest BCUT2D eigenvalue weighted by atomic mass is 9.93. The van der Waals surface area contributed by atoms with Gasteiger partial charge in [-0.2, -0.15) is 13.2 Å². The number of likely N-dealkylation sites (N-methyl/N-ethyl adjacent to an activating group) is 1. The Balaban J connectivity index is 1.55. The number of hydrogen-bond acceptors (Lipinski definition) is 7. The highest BCUT2D eigenvalue weighted by Crippen LogP contribution is 2.40. The number of carbonyl (C=O) groups excluding carboxylic acids is 3. The third-order valence-corrected chi connectivity index (χ3v) is 7.49. The molecule has 2 heterocycles. The highest BCUT2D eigenvalue weighted by molar-refractivity contribution is 5.95. The number of rotatable bonds is 9. The predicted octanol–water partition coefficient (Wildman–Crippen LogP) is 4.48. The van der Waals surface area contributed by atoms with E-state index in [4.69, 9.17) is 14.2 Å². The van der Waals surface area contributed by atoms with Crippen LogP contribution in [0.4, 0.5) is 28.4 Å². The summed E-state index contributed by atoms with van der Waals surface area (Å²) in [5.41, 5.74) is 0.724. The van der Waals surface area contributed by atoms with Gasteiger partial charge in [0.1, 0.15) is 0 Å². The number of nitrogens with zero attached hydrogens (tertiary/aromatic N) is 3. The van der Waals surface area contributed by atoms with E-state index in [1.807, 2.05) is 4.90 Å². The Kier molecular flexibility index (Phi) is 10.2. The van der Waals surface area contributed by atoms with Gasteiger partial charge in [-0.3, -0.25) is 9.80 Å². The van der Waals surface area contributed by atoms with Crippen molar-refractivity contribution in [3.63, 3.8) is 0 Å². The lowest BCUT2D eigenvalue weighted by molar-refractivity contribution is -0.139. The van der Waals surface area contributed by atoms with Crippen molar-refractivity contribution in [3.05, 3.63) is 64.9 Å². The summed E-state index contributed by atoms with van der Waals surface area (Å²) in [6.07, 6.45) is -4.46. The Morgan fingerprint density at radius 2 is 1.68 bits per heavy atom. The van der Waals surface area contributed by atoms with Crippen molar-refractivity contribution in [2.75, 3.05) is 65.4 Å². The Labute approximate surface area is 253 Å². The molecule has 0 spiro atoms. The lowest BCUT2D eigenvalue weighted by Gasteiger charge is -2.40. The molecule has 2 aromatic rings. The SMILES string of the molecule is CCOC(=O)C1=C(CN2CCN(C(=O)Nc3ccc(C(F)(F)F)cc3)CC2)N(CC)C(=O)NC1c1cccc(OC)c1OC. The van der Waals surface area contributed by atoms with E-state index in [2.05, 4.69) is 10.6 Å². The standard InChI is InChI=1S/C30H36F3N5O6/c1-5-38-22(18-36-14-16-37(17-15-36)28(40)34-20-12-10-19(11-13-20)30(31,32)33)24(27(39)44-6-2)25(35-29(38)41)21-8-7-9-23(42-3)26(21)43-4/h7-13,25H,5-6,14-18H2,1-4H3,(H,34,40)(H,35,41). The number of anilines is 1. The molecule has 2 aliphatic heterocycles. The van der Waals surface area contributed by atoms with Crippen LogP contribution in [0.5, 0.6) is 11.5 Å². The van der Waals surface area contributed by atoms with E-state index < -0.39 is 29.8 Å². The van der Waals surface area contributed by atoms with Gasteiger partial charge in [0, 0.05) is 56.2 Å². The summed E-state index contributed by atoms with van der Waals surface area (Å²) in [5, 5.41) is 5.56. The third-order valence-electron chi connectivity index (χ3n) is 7.49. The summed E-state index contributed by atoms with van der Waals surface area (Å²) in [6.45, 7) is 5.64. The summed E-state index contributed by atoms with van der Waals surface area (Å²) < 4.78 is 55.1.